The molecule has 0 aromatic carbocycles. The Balaban J connectivity index is 0.000000200. The summed E-state index contributed by atoms with van der Waals surface area (Å²) in [5.74, 6) is -0.287. The predicted octanol–water partition coefficient (Wildman–Crippen LogP) is 2.82. The quantitative estimate of drug-likeness (QED) is 0.616. The highest BCUT2D eigenvalue weighted by molar-refractivity contribution is 7.71. The van der Waals surface area contributed by atoms with Gasteiger partial charge in [-0.1, -0.05) is 26.1 Å². The van der Waals surface area contributed by atoms with Crippen LogP contribution in [0, 0.1) is 10.5 Å². The van der Waals surface area contributed by atoms with E-state index in [9.17, 15) is 14.0 Å². The van der Waals surface area contributed by atoms with Gasteiger partial charge in [-0.3, -0.25) is 14.9 Å². The Morgan fingerprint density at radius 2 is 1.84 bits per heavy atom. The number of carbonyl (C=O) groups excluding carboxylic acids is 2. The van der Waals surface area contributed by atoms with E-state index < -0.39 is 0 Å². The second-order valence-electron chi connectivity index (χ2n) is 4.59. The Labute approximate surface area is 116 Å². The lowest BCUT2D eigenvalue weighted by atomic mass is 10.1. The molecule has 6 heteroatoms. The fraction of sp³-hybridized carbons (Fsp3) is 0.462. The molecule has 2 rings (SSSR count). The molecule has 0 bridgehead atoms. The summed E-state index contributed by atoms with van der Waals surface area (Å²) in [6.45, 7) is 4.01. The van der Waals surface area contributed by atoms with Gasteiger partial charge >= 0.3 is 0 Å². The Morgan fingerprint density at radius 1 is 1.26 bits per heavy atom. The van der Waals surface area contributed by atoms with Gasteiger partial charge in [-0.15, -0.1) is 0 Å². The molecule has 1 aliphatic rings. The number of pyridine rings is 1. The van der Waals surface area contributed by atoms with Crippen LogP contribution in [0.1, 0.15) is 44.6 Å². The molecule has 2 heterocycles. The van der Waals surface area contributed by atoms with Crippen molar-refractivity contribution in [3.63, 3.8) is 0 Å². The van der Waals surface area contributed by atoms with E-state index in [1.54, 1.807) is 6.20 Å². The molecule has 1 aliphatic heterocycles. The molecule has 19 heavy (non-hydrogen) atoms. The fourth-order valence-corrected chi connectivity index (χ4v) is 1.61. The van der Waals surface area contributed by atoms with Gasteiger partial charge in [0, 0.05) is 19.0 Å². The molecule has 0 aliphatic carbocycles. The van der Waals surface area contributed by atoms with Crippen LogP contribution in [-0.2, 0) is 9.59 Å². The molecular weight excluding hydrogens is 267 g/mol. The molecule has 4 nitrogen and oxygen atoms in total. The van der Waals surface area contributed by atoms with E-state index >= 15 is 0 Å². The van der Waals surface area contributed by atoms with Crippen molar-refractivity contribution in [3.8, 4) is 0 Å². The van der Waals surface area contributed by atoms with Crippen molar-refractivity contribution in [2.45, 2.75) is 39.0 Å². The topological polar surface area (TPSA) is 62.0 Å². The number of halogens is 1. The van der Waals surface area contributed by atoms with Crippen LogP contribution in [0.4, 0.5) is 4.39 Å². The first-order valence-corrected chi connectivity index (χ1v) is 6.51. The first-order valence-electron chi connectivity index (χ1n) is 6.11. The van der Waals surface area contributed by atoms with Crippen molar-refractivity contribution < 1.29 is 14.0 Å². The molecule has 104 valence electrons. The Morgan fingerprint density at radius 3 is 2.21 bits per heavy atom. The van der Waals surface area contributed by atoms with E-state index in [0.717, 1.165) is 5.56 Å². The van der Waals surface area contributed by atoms with Crippen molar-refractivity contribution >= 4 is 24.0 Å². The van der Waals surface area contributed by atoms with Crippen molar-refractivity contribution in [2.75, 3.05) is 0 Å². The number of hydrogen-bond donors (Lipinski definition) is 2. The Bertz CT molecular complexity index is 512. The average molecular weight is 284 g/mol. The zero-order valence-electron chi connectivity index (χ0n) is 11.0. The molecule has 0 atom stereocenters. The summed E-state index contributed by atoms with van der Waals surface area (Å²) in [4.78, 5) is 23.4. The zero-order chi connectivity index (χ0) is 14.4. The van der Waals surface area contributed by atoms with Gasteiger partial charge in [-0.25, -0.2) is 4.39 Å². The van der Waals surface area contributed by atoms with Gasteiger partial charge in [0.2, 0.25) is 11.8 Å². The lowest BCUT2D eigenvalue weighted by molar-refractivity contribution is -0.132. The van der Waals surface area contributed by atoms with Gasteiger partial charge in [0.1, 0.15) is 4.64 Å². The van der Waals surface area contributed by atoms with Crippen LogP contribution in [0.2, 0.25) is 0 Å². The summed E-state index contributed by atoms with van der Waals surface area (Å²) >= 11 is 4.67. The fourth-order valence-electron chi connectivity index (χ4n) is 1.49. The van der Waals surface area contributed by atoms with Crippen LogP contribution < -0.4 is 5.32 Å². The number of imide groups is 1. The van der Waals surface area contributed by atoms with Crippen molar-refractivity contribution in [1.82, 2.24) is 10.3 Å². The van der Waals surface area contributed by atoms with Crippen molar-refractivity contribution in [1.29, 1.82) is 0 Å². The summed E-state index contributed by atoms with van der Waals surface area (Å²) in [5.41, 5.74) is 0.941. The van der Waals surface area contributed by atoms with Crippen LogP contribution in [0.15, 0.2) is 12.3 Å². The maximum Gasteiger partial charge on any atom is 0.226 e. The number of H-pyrrole nitrogens is 1. The van der Waals surface area contributed by atoms with Crippen molar-refractivity contribution in [2.24, 2.45) is 0 Å². The molecule has 2 N–H and O–H groups in total. The standard InChI is InChI=1S/C8H10FNS.C5H7NO2/c1-5(2)6-3-7(9)8(11)10-4-6;7-4-2-1-3-5(8)6-4/h3-5H,1-2H3,(H,10,11);1-3H2,(H,6,7,8). The summed E-state index contributed by atoms with van der Waals surface area (Å²) in [7, 11) is 0. The predicted molar refractivity (Wildman–Crippen MR) is 72.7 cm³/mol. The second kappa shape index (κ2) is 7.13. The van der Waals surface area contributed by atoms with E-state index in [1.807, 2.05) is 13.8 Å². The van der Waals surface area contributed by atoms with Crippen molar-refractivity contribution in [3.05, 3.63) is 28.3 Å². The highest BCUT2D eigenvalue weighted by Gasteiger charge is 2.12. The summed E-state index contributed by atoms with van der Waals surface area (Å²) in [5, 5.41) is 2.20. The largest absolute Gasteiger partial charge is 0.350 e. The van der Waals surface area contributed by atoms with Gasteiger partial charge in [0.15, 0.2) is 5.82 Å². The Hall–Kier alpha value is -1.56. The maximum atomic E-state index is 12.8. The summed E-state index contributed by atoms with van der Waals surface area (Å²) in [6.07, 6.45) is 3.47. The zero-order valence-corrected chi connectivity index (χ0v) is 11.8. The minimum absolute atomic E-state index is 0.138. The van der Waals surface area contributed by atoms with Crippen LogP contribution in [0.3, 0.4) is 0 Å². The number of aromatic nitrogens is 1. The molecule has 2 amide bonds. The van der Waals surface area contributed by atoms with Crippen LogP contribution in [0.5, 0.6) is 0 Å². The number of amides is 2. The number of carbonyl (C=O) groups is 2. The number of piperidine rings is 1. The van der Waals surface area contributed by atoms with Crippen LogP contribution in [0.25, 0.3) is 0 Å². The molecule has 1 saturated heterocycles. The number of nitrogens with one attached hydrogen (secondary N) is 2. The summed E-state index contributed by atoms with van der Waals surface area (Å²) < 4.78 is 13.0. The minimum Gasteiger partial charge on any atom is -0.350 e. The molecule has 1 aromatic heterocycles. The Kier molecular flexibility index (Phi) is 5.82. The number of aromatic amines is 1. The van der Waals surface area contributed by atoms with Gasteiger partial charge < -0.3 is 4.98 Å². The third-order valence-electron chi connectivity index (χ3n) is 2.63. The smallest absolute Gasteiger partial charge is 0.226 e. The maximum absolute atomic E-state index is 12.8. The van der Waals surface area contributed by atoms with E-state index in [-0.39, 0.29) is 22.3 Å². The average Bonchev–Trinajstić information content (AvgIpc) is 2.33. The van der Waals surface area contributed by atoms with Crippen LogP contribution in [-0.4, -0.2) is 16.8 Å². The SMILES string of the molecule is CC(C)c1c[nH]c(=S)c(F)c1.O=C1CCCC(=O)N1. The molecule has 0 saturated carbocycles. The van der Waals surface area contributed by atoms with Crippen LogP contribution >= 0.6 is 12.2 Å². The first kappa shape index (κ1) is 15.5. The third-order valence-corrected chi connectivity index (χ3v) is 2.95. The van der Waals surface area contributed by atoms with Gasteiger partial charge in [-0.05, 0) is 24.0 Å². The first-order chi connectivity index (χ1) is 8.90. The lowest BCUT2D eigenvalue weighted by Gasteiger charge is -2.07. The van der Waals surface area contributed by atoms with Gasteiger partial charge in [0.25, 0.3) is 0 Å². The van der Waals surface area contributed by atoms with E-state index in [1.165, 1.54) is 6.07 Å². The van der Waals surface area contributed by atoms with E-state index in [0.29, 0.717) is 25.2 Å². The number of rotatable bonds is 1. The molecule has 0 spiro atoms. The second-order valence-corrected chi connectivity index (χ2v) is 5.00. The minimum atomic E-state index is -0.341. The molecular formula is C13H17FN2O2S. The molecule has 1 fully saturated rings. The highest BCUT2D eigenvalue weighted by Crippen LogP contribution is 2.13. The lowest BCUT2D eigenvalue weighted by Crippen LogP contribution is -2.33. The van der Waals surface area contributed by atoms with E-state index in [2.05, 4.69) is 22.5 Å². The van der Waals surface area contributed by atoms with Gasteiger partial charge in [0.05, 0.1) is 0 Å². The monoisotopic (exact) mass is 284 g/mol. The third kappa shape index (κ3) is 5.30. The normalized spacial score (nSPS) is 14.7. The summed E-state index contributed by atoms with van der Waals surface area (Å²) in [6, 6.07) is 1.48. The molecule has 0 radical (unpaired) electrons. The van der Waals surface area contributed by atoms with Gasteiger partial charge in [-0.2, -0.15) is 0 Å². The van der Waals surface area contributed by atoms with E-state index in [4.69, 9.17) is 0 Å². The number of hydrogen-bond acceptors (Lipinski definition) is 3. The molecule has 1 aromatic rings. The molecule has 0 unspecified atom stereocenters. The highest BCUT2D eigenvalue weighted by atomic mass is 32.1.